The molecule has 172 valence electrons. The van der Waals surface area contributed by atoms with Gasteiger partial charge in [-0.1, -0.05) is 30.3 Å². The zero-order chi connectivity index (χ0) is 23.8. The number of ether oxygens (including phenoxy) is 2. The van der Waals surface area contributed by atoms with Crippen LogP contribution in [0.2, 0.25) is 0 Å². The average Bonchev–Trinajstić information content (AvgIpc) is 2.84. The van der Waals surface area contributed by atoms with Crippen molar-refractivity contribution in [2.75, 3.05) is 25.1 Å². The van der Waals surface area contributed by atoms with E-state index in [1.54, 1.807) is 55.6 Å². The molecule has 0 aromatic heterocycles. The Balaban J connectivity index is 1.81. The predicted molar refractivity (Wildman–Crippen MR) is 127 cm³/mol. The van der Waals surface area contributed by atoms with E-state index in [1.165, 1.54) is 25.5 Å². The Hall–Kier alpha value is -3.85. The lowest BCUT2D eigenvalue weighted by Crippen LogP contribution is -2.39. The van der Waals surface area contributed by atoms with Crippen LogP contribution in [0, 0.1) is 6.92 Å². The van der Waals surface area contributed by atoms with Crippen LogP contribution in [0.15, 0.2) is 82.8 Å². The van der Waals surface area contributed by atoms with Crippen LogP contribution in [0.4, 0.5) is 5.69 Å². The number of hydrogen-bond acceptors (Lipinski definition) is 6. The van der Waals surface area contributed by atoms with Crippen LogP contribution in [-0.4, -0.2) is 41.3 Å². The standard InChI is InChI=1S/C24H25N3O5S/c1-18-9-10-19(15-23(18)32-3)16-25-26-24(28)17-27(20-11-13-21(31-2)14-12-20)33(29,30)22-7-5-4-6-8-22/h4-16H,17H2,1-3H3,(H,26,28)/b25-16+. The lowest BCUT2D eigenvalue weighted by Gasteiger charge is -2.23. The SMILES string of the molecule is COc1ccc(N(CC(=O)N/N=C/c2ccc(C)c(OC)c2)S(=O)(=O)c2ccccc2)cc1. The molecule has 8 nitrogen and oxygen atoms in total. The molecule has 1 N–H and O–H groups in total. The maximum absolute atomic E-state index is 13.3. The highest BCUT2D eigenvalue weighted by atomic mass is 32.2. The van der Waals surface area contributed by atoms with E-state index >= 15 is 0 Å². The molecule has 9 heteroatoms. The summed E-state index contributed by atoms with van der Waals surface area (Å²) in [4.78, 5) is 12.7. The van der Waals surface area contributed by atoms with E-state index in [0.717, 1.165) is 15.4 Å². The second-order valence-electron chi connectivity index (χ2n) is 7.04. The van der Waals surface area contributed by atoms with Gasteiger partial charge in [-0.2, -0.15) is 5.10 Å². The van der Waals surface area contributed by atoms with Crippen molar-refractivity contribution in [3.05, 3.63) is 83.9 Å². The monoisotopic (exact) mass is 467 g/mol. The minimum absolute atomic E-state index is 0.0730. The van der Waals surface area contributed by atoms with Crippen molar-refractivity contribution in [2.24, 2.45) is 5.10 Å². The summed E-state index contributed by atoms with van der Waals surface area (Å²) in [6.45, 7) is 1.46. The normalized spacial score (nSPS) is 11.2. The molecule has 0 atom stereocenters. The number of aryl methyl sites for hydroxylation is 1. The molecule has 0 heterocycles. The highest BCUT2D eigenvalue weighted by molar-refractivity contribution is 7.92. The molecular formula is C24H25N3O5S. The Morgan fingerprint density at radius 3 is 2.33 bits per heavy atom. The first-order valence-electron chi connectivity index (χ1n) is 10.0. The third-order valence-electron chi connectivity index (χ3n) is 4.81. The molecule has 0 bridgehead atoms. The number of sulfonamides is 1. The Labute approximate surface area is 193 Å². The quantitative estimate of drug-likeness (QED) is 0.384. The molecule has 3 aromatic rings. The summed E-state index contributed by atoms with van der Waals surface area (Å²) < 4.78 is 38.0. The van der Waals surface area contributed by atoms with Gasteiger partial charge in [0.05, 0.1) is 31.0 Å². The first-order valence-corrected chi connectivity index (χ1v) is 11.5. The first kappa shape index (κ1) is 23.8. The minimum atomic E-state index is -4.00. The molecule has 0 aliphatic carbocycles. The minimum Gasteiger partial charge on any atom is -0.497 e. The van der Waals surface area contributed by atoms with Crippen molar-refractivity contribution in [3.8, 4) is 11.5 Å². The summed E-state index contributed by atoms with van der Waals surface area (Å²) in [5.41, 5.74) is 4.41. The second-order valence-corrected chi connectivity index (χ2v) is 8.91. The van der Waals surface area contributed by atoms with E-state index in [-0.39, 0.29) is 4.90 Å². The number of hydrazone groups is 1. The Kier molecular flexibility index (Phi) is 7.68. The lowest BCUT2D eigenvalue weighted by molar-refractivity contribution is -0.119. The molecular weight excluding hydrogens is 442 g/mol. The summed E-state index contributed by atoms with van der Waals surface area (Å²) in [7, 11) is -0.905. The molecule has 0 fully saturated rings. The summed E-state index contributed by atoms with van der Waals surface area (Å²) in [5.74, 6) is 0.670. The number of carbonyl (C=O) groups is 1. The van der Waals surface area contributed by atoms with E-state index in [1.807, 2.05) is 19.1 Å². The zero-order valence-electron chi connectivity index (χ0n) is 18.6. The number of nitrogens with one attached hydrogen (secondary N) is 1. The molecule has 3 aromatic carbocycles. The molecule has 0 aliphatic heterocycles. The predicted octanol–water partition coefficient (Wildman–Crippen LogP) is 3.36. The van der Waals surface area contributed by atoms with Crippen LogP contribution in [-0.2, 0) is 14.8 Å². The summed E-state index contributed by atoms with van der Waals surface area (Å²) in [6, 6.07) is 19.8. The zero-order valence-corrected chi connectivity index (χ0v) is 19.4. The Morgan fingerprint density at radius 2 is 1.70 bits per heavy atom. The van der Waals surface area contributed by atoms with Gasteiger partial charge >= 0.3 is 0 Å². The van der Waals surface area contributed by atoms with Gasteiger partial charge in [0.2, 0.25) is 0 Å². The van der Waals surface area contributed by atoms with Gasteiger partial charge in [-0.3, -0.25) is 9.10 Å². The number of amides is 1. The summed E-state index contributed by atoms with van der Waals surface area (Å²) in [6.07, 6.45) is 1.46. The average molecular weight is 468 g/mol. The molecule has 33 heavy (non-hydrogen) atoms. The van der Waals surface area contributed by atoms with Crippen LogP contribution >= 0.6 is 0 Å². The van der Waals surface area contributed by atoms with Crippen LogP contribution < -0.4 is 19.2 Å². The number of benzene rings is 3. The van der Waals surface area contributed by atoms with Gasteiger partial charge in [-0.05, 0) is 60.5 Å². The molecule has 0 radical (unpaired) electrons. The third-order valence-corrected chi connectivity index (χ3v) is 6.60. The second kappa shape index (κ2) is 10.6. The van der Waals surface area contributed by atoms with Gasteiger partial charge in [0.1, 0.15) is 18.0 Å². The van der Waals surface area contributed by atoms with Crippen molar-refractivity contribution >= 4 is 27.8 Å². The topological polar surface area (TPSA) is 97.3 Å². The number of hydrogen-bond donors (Lipinski definition) is 1. The number of methoxy groups -OCH3 is 2. The van der Waals surface area contributed by atoms with Crippen molar-refractivity contribution in [3.63, 3.8) is 0 Å². The fourth-order valence-electron chi connectivity index (χ4n) is 3.04. The summed E-state index contributed by atoms with van der Waals surface area (Å²) >= 11 is 0. The van der Waals surface area contributed by atoms with Crippen LogP contribution in [0.5, 0.6) is 11.5 Å². The molecule has 0 saturated carbocycles. The maximum atomic E-state index is 13.3. The van der Waals surface area contributed by atoms with Crippen LogP contribution in [0.25, 0.3) is 0 Å². The third kappa shape index (κ3) is 5.89. The Morgan fingerprint density at radius 1 is 1.00 bits per heavy atom. The molecule has 0 spiro atoms. The number of carbonyl (C=O) groups excluding carboxylic acids is 1. The van der Waals surface area contributed by atoms with Crippen LogP contribution in [0.1, 0.15) is 11.1 Å². The largest absolute Gasteiger partial charge is 0.497 e. The smallest absolute Gasteiger partial charge is 0.264 e. The molecule has 0 unspecified atom stereocenters. The first-order chi connectivity index (χ1) is 15.8. The number of anilines is 1. The van der Waals surface area contributed by atoms with Gasteiger partial charge in [0.25, 0.3) is 15.9 Å². The fourth-order valence-corrected chi connectivity index (χ4v) is 4.49. The summed E-state index contributed by atoms with van der Waals surface area (Å²) in [5, 5.41) is 3.95. The fraction of sp³-hybridized carbons (Fsp3) is 0.167. The highest BCUT2D eigenvalue weighted by Gasteiger charge is 2.27. The molecule has 0 saturated heterocycles. The van der Waals surface area contributed by atoms with Crippen molar-refractivity contribution in [2.45, 2.75) is 11.8 Å². The van der Waals surface area contributed by atoms with Gasteiger partial charge < -0.3 is 9.47 Å². The van der Waals surface area contributed by atoms with E-state index < -0.39 is 22.5 Å². The van der Waals surface area contributed by atoms with Crippen molar-refractivity contribution in [1.29, 1.82) is 0 Å². The van der Waals surface area contributed by atoms with E-state index in [4.69, 9.17) is 9.47 Å². The van der Waals surface area contributed by atoms with Crippen molar-refractivity contribution < 1.29 is 22.7 Å². The Bertz CT molecular complexity index is 1230. The number of nitrogens with zero attached hydrogens (tertiary/aromatic N) is 2. The van der Waals surface area contributed by atoms with E-state index in [9.17, 15) is 13.2 Å². The highest BCUT2D eigenvalue weighted by Crippen LogP contribution is 2.25. The van der Waals surface area contributed by atoms with Gasteiger partial charge in [-0.15, -0.1) is 0 Å². The maximum Gasteiger partial charge on any atom is 0.264 e. The van der Waals surface area contributed by atoms with Gasteiger partial charge in [0, 0.05) is 0 Å². The van der Waals surface area contributed by atoms with Crippen molar-refractivity contribution in [1.82, 2.24) is 5.43 Å². The van der Waals surface area contributed by atoms with Gasteiger partial charge in [0.15, 0.2) is 0 Å². The molecule has 0 aliphatic rings. The van der Waals surface area contributed by atoms with Gasteiger partial charge in [-0.25, -0.2) is 13.8 Å². The molecule has 3 rings (SSSR count). The van der Waals surface area contributed by atoms with E-state index in [0.29, 0.717) is 17.2 Å². The lowest BCUT2D eigenvalue weighted by atomic mass is 10.1. The number of rotatable bonds is 9. The van der Waals surface area contributed by atoms with E-state index in [2.05, 4.69) is 10.5 Å². The van der Waals surface area contributed by atoms with Crippen LogP contribution in [0.3, 0.4) is 0 Å². The molecule has 1 amide bonds.